The Bertz CT molecular complexity index is 1380. The van der Waals surface area contributed by atoms with E-state index in [2.05, 4.69) is 4.72 Å². The van der Waals surface area contributed by atoms with Gasteiger partial charge in [0.25, 0.3) is 0 Å². The molecule has 1 fully saturated rings. The van der Waals surface area contributed by atoms with Crippen LogP contribution in [0.2, 0.25) is 10.0 Å². The zero-order chi connectivity index (χ0) is 28.7. The van der Waals surface area contributed by atoms with Crippen LogP contribution in [-0.2, 0) is 33.7 Å². The van der Waals surface area contributed by atoms with E-state index >= 15 is 0 Å². The number of hydrogen-bond donors (Lipinski definition) is 1. The highest BCUT2D eigenvalue weighted by atomic mass is 35.5. The maximum absolute atomic E-state index is 13.5. The van der Waals surface area contributed by atoms with Crippen molar-refractivity contribution < 1.29 is 30.4 Å². The molecule has 0 aromatic heterocycles. The predicted octanol–water partition coefficient (Wildman–Crippen LogP) is 5.71. The Morgan fingerprint density at radius 3 is 2.03 bits per heavy atom. The number of rotatable bonds is 14. The van der Waals surface area contributed by atoms with E-state index in [1.165, 1.54) is 52.8 Å². The fourth-order valence-corrected chi connectivity index (χ4v) is 9.05. The molecule has 1 aliphatic heterocycles. The largest absolute Gasteiger partial charge is 0.330 e. The summed E-state index contributed by atoms with van der Waals surface area (Å²) in [6.07, 6.45) is 5.05. The fourth-order valence-electron chi connectivity index (χ4n) is 4.23. The van der Waals surface area contributed by atoms with Gasteiger partial charge in [0.2, 0.25) is 20.0 Å². The van der Waals surface area contributed by atoms with Crippen LogP contribution in [0.1, 0.15) is 33.1 Å². The third-order valence-electron chi connectivity index (χ3n) is 5.97. The average molecular weight is 640 g/mol. The van der Waals surface area contributed by atoms with Gasteiger partial charge < -0.3 is 9.05 Å². The van der Waals surface area contributed by atoms with Crippen molar-refractivity contribution in [1.29, 1.82) is 0 Å². The van der Waals surface area contributed by atoms with E-state index in [9.17, 15) is 21.4 Å². The lowest BCUT2D eigenvalue weighted by Crippen LogP contribution is -2.39. The summed E-state index contributed by atoms with van der Waals surface area (Å²) in [6, 6.07) is 10.3. The summed E-state index contributed by atoms with van der Waals surface area (Å²) in [6.45, 7) is 3.99. The molecule has 3 rings (SSSR count). The maximum Gasteiger partial charge on any atom is 0.330 e. The molecular formula is C25H33Cl2N2O7PS2. The van der Waals surface area contributed by atoms with Crippen LogP contribution in [0.4, 0.5) is 0 Å². The lowest BCUT2D eigenvalue weighted by Gasteiger charge is -2.22. The van der Waals surface area contributed by atoms with Crippen molar-refractivity contribution in [3.63, 3.8) is 0 Å². The van der Waals surface area contributed by atoms with Gasteiger partial charge in [-0.2, -0.15) is 4.31 Å². The Morgan fingerprint density at radius 2 is 1.49 bits per heavy atom. The molecule has 1 aliphatic rings. The molecule has 2 atom stereocenters. The Labute approximate surface area is 241 Å². The van der Waals surface area contributed by atoms with Crippen molar-refractivity contribution in [2.75, 3.05) is 25.9 Å². The molecule has 0 aliphatic carbocycles. The quantitative estimate of drug-likeness (QED) is 0.160. The Morgan fingerprint density at radius 1 is 0.949 bits per heavy atom. The third kappa shape index (κ3) is 8.86. The molecule has 0 saturated carbocycles. The van der Waals surface area contributed by atoms with E-state index in [0.29, 0.717) is 22.9 Å². The van der Waals surface area contributed by atoms with E-state index in [0.717, 1.165) is 0 Å². The monoisotopic (exact) mass is 638 g/mol. The molecule has 1 N–H and O–H groups in total. The standard InChI is InChI=1S/C25H33Cl2N2O7PS2/c1-3-35-37(30,36-4-2)17-7-5-6-8-23-18-22(28-38(31,32)24-13-9-20(26)10-14-24)19-29(23)39(33,34)25-15-11-21(27)12-16-25/h6,8-16,22-23,28H,3-5,7,17-19H2,1-2H3/t22-,23-/m1/s1. The van der Waals surface area contributed by atoms with Gasteiger partial charge in [0.15, 0.2) is 0 Å². The van der Waals surface area contributed by atoms with Crippen LogP contribution in [0, 0.1) is 0 Å². The van der Waals surface area contributed by atoms with Crippen molar-refractivity contribution in [3.05, 3.63) is 70.7 Å². The number of halogens is 2. The summed E-state index contributed by atoms with van der Waals surface area (Å²) in [5.74, 6) is 0. The van der Waals surface area contributed by atoms with Gasteiger partial charge in [-0.15, -0.1) is 0 Å². The second-order valence-electron chi connectivity index (χ2n) is 8.84. The normalized spacial score (nSPS) is 19.2. The molecule has 39 heavy (non-hydrogen) atoms. The molecule has 2 aromatic rings. The van der Waals surface area contributed by atoms with E-state index in [4.69, 9.17) is 32.2 Å². The summed E-state index contributed by atoms with van der Waals surface area (Å²) in [5, 5.41) is 0.802. The minimum Gasteiger partial charge on any atom is -0.309 e. The van der Waals surface area contributed by atoms with Gasteiger partial charge in [0, 0.05) is 28.7 Å². The fraction of sp³-hybridized carbons (Fsp3) is 0.440. The first-order chi connectivity index (χ1) is 18.4. The van der Waals surface area contributed by atoms with Gasteiger partial charge in [0.1, 0.15) is 0 Å². The van der Waals surface area contributed by atoms with Crippen LogP contribution < -0.4 is 4.72 Å². The second-order valence-corrected chi connectivity index (χ2v) is 15.5. The molecular weight excluding hydrogens is 606 g/mol. The Balaban J connectivity index is 1.77. The number of nitrogens with one attached hydrogen (secondary N) is 1. The van der Waals surface area contributed by atoms with Gasteiger partial charge in [0.05, 0.1) is 29.2 Å². The zero-order valence-corrected chi connectivity index (χ0v) is 25.7. The van der Waals surface area contributed by atoms with Crippen molar-refractivity contribution >= 4 is 50.8 Å². The molecule has 0 unspecified atom stereocenters. The SMILES string of the molecule is CCOP(=O)(CCCC=C[C@@H]1C[C@@H](NS(=O)(=O)c2ccc(Cl)cc2)CN1S(=O)(=O)c1ccc(Cl)cc1)OCC. The predicted molar refractivity (Wildman–Crippen MR) is 153 cm³/mol. The second kappa shape index (κ2) is 14.1. The first kappa shape index (κ1) is 32.2. The first-order valence-electron chi connectivity index (χ1n) is 12.5. The molecule has 9 nitrogen and oxygen atoms in total. The molecule has 216 valence electrons. The van der Waals surface area contributed by atoms with Crippen molar-refractivity contribution in [3.8, 4) is 0 Å². The van der Waals surface area contributed by atoms with Gasteiger partial charge >= 0.3 is 7.60 Å². The van der Waals surface area contributed by atoms with Gasteiger partial charge in [-0.05, 0) is 81.6 Å². The van der Waals surface area contributed by atoms with E-state index in [-0.39, 0.29) is 42.1 Å². The summed E-state index contributed by atoms with van der Waals surface area (Å²) in [4.78, 5) is 0.0897. The molecule has 0 bridgehead atoms. The van der Waals surface area contributed by atoms with Crippen molar-refractivity contribution in [2.24, 2.45) is 0 Å². The lowest BCUT2D eigenvalue weighted by molar-refractivity contribution is 0.220. The first-order valence-corrected chi connectivity index (χ1v) is 17.9. The third-order valence-corrected chi connectivity index (χ3v) is 12.1. The van der Waals surface area contributed by atoms with Crippen LogP contribution >= 0.6 is 30.8 Å². The zero-order valence-electron chi connectivity index (χ0n) is 21.7. The van der Waals surface area contributed by atoms with Crippen molar-refractivity contribution in [2.45, 2.75) is 55.0 Å². The minimum atomic E-state index is -3.96. The van der Waals surface area contributed by atoms with Gasteiger partial charge in [-0.3, -0.25) is 4.57 Å². The molecule has 1 saturated heterocycles. The number of benzene rings is 2. The highest BCUT2D eigenvalue weighted by Gasteiger charge is 2.40. The molecule has 2 aromatic carbocycles. The molecule has 0 spiro atoms. The Hall–Kier alpha value is -1.27. The smallest absolute Gasteiger partial charge is 0.309 e. The average Bonchev–Trinajstić information content (AvgIpc) is 3.27. The summed E-state index contributed by atoms with van der Waals surface area (Å²) in [5.41, 5.74) is 0. The van der Waals surface area contributed by atoms with Crippen LogP contribution in [0.25, 0.3) is 0 Å². The van der Waals surface area contributed by atoms with Gasteiger partial charge in [-0.25, -0.2) is 21.6 Å². The van der Waals surface area contributed by atoms with E-state index in [1.54, 1.807) is 19.9 Å². The van der Waals surface area contributed by atoms with Crippen LogP contribution in [-0.4, -0.2) is 59.1 Å². The van der Waals surface area contributed by atoms with Crippen LogP contribution in [0.5, 0.6) is 0 Å². The Kier molecular flexibility index (Phi) is 11.6. The minimum absolute atomic E-state index is 0.0334. The highest BCUT2D eigenvalue weighted by molar-refractivity contribution is 7.89. The van der Waals surface area contributed by atoms with Crippen LogP contribution in [0.15, 0.2) is 70.5 Å². The summed E-state index contributed by atoms with van der Waals surface area (Å²) in [7, 11) is -11.0. The molecule has 1 heterocycles. The number of sulfonamides is 2. The maximum atomic E-state index is 13.5. The van der Waals surface area contributed by atoms with E-state index in [1.807, 2.05) is 6.08 Å². The van der Waals surface area contributed by atoms with E-state index < -0.39 is 39.7 Å². The number of unbranched alkanes of at least 4 members (excludes halogenated alkanes) is 1. The van der Waals surface area contributed by atoms with Crippen LogP contribution in [0.3, 0.4) is 0 Å². The van der Waals surface area contributed by atoms with Gasteiger partial charge in [-0.1, -0.05) is 35.4 Å². The number of allylic oxidation sites excluding steroid dienone is 1. The lowest BCUT2D eigenvalue weighted by atomic mass is 10.1. The number of hydrogen-bond acceptors (Lipinski definition) is 7. The summed E-state index contributed by atoms with van der Waals surface area (Å²) >= 11 is 11.8. The molecule has 0 radical (unpaired) electrons. The molecule has 14 heteroatoms. The topological polar surface area (TPSA) is 119 Å². The molecule has 0 amide bonds. The summed E-state index contributed by atoms with van der Waals surface area (Å²) < 4.78 is 80.2. The van der Waals surface area contributed by atoms with Crippen molar-refractivity contribution in [1.82, 2.24) is 9.03 Å². The highest BCUT2D eigenvalue weighted by Crippen LogP contribution is 2.48. The number of nitrogens with zero attached hydrogens (tertiary/aromatic N) is 1.